The number of rotatable bonds is 5. The van der Waals surface area contributed by atoms with Gasteiger partial charge in [-0.2, -0.15) is 5.10 Å². The van der Waals surface area contributed by atoms with Gasteiger partial charge in [-0.1, -0.05) is 12.5 Å². The van der Waals surface area contributed by atoms with Gasteiger partial charge >= 0.3 is 0 Å². The van der Waals surface area contributed by atoms with Crippen LogP contribution in [0.2, 0.25) is 0 Å². The van der Waals surface area contributed by atoms with E-state index in [4.69, 9.17) is 9.97 Å². The summed E-state index contributed by atoms with van der Waals surface area (Å²) >= 11 is 1.68. The highest BCUT2D eigenvalue weighted by atomic mass is 32.1. The van der Waals surface area contributed by atoms with Crippen LogP contribution < -0.4 is 0 Å². The number of imidazole rings is 1. The lowest BCUT2D eigenvalue weighted by atomic mass is 10.1. The van der Waals surface area contributed by atoms with Crippen LogP contribution in [0.15, 0.2) is 60.6 Å². The number of H-pyrrole nitrogens is 2. The van der Waals surface area contributed by atoms with Crippen LogP contribution in [0, 0.1) is 0 Å². The first-order valence-corrected chi connectivity index (χ1v) is 13.1. The molecule has 7 heterocycles. The smallest absolute Gasteiger partial charge is 0.159 e. The molecule has 6 aromatic rings. The lowest BCUT2D eigenvalue weighted by Crippen LogP contribution is -2.29. The van der Waals surface area contributed by atoms with Crippen LogP contribution in [0.5, 0.6) is 0 Å². The van der Waals surface area contributed by atoms with E-state index < -0.39 is 0 Å². The molecule has 0 saturated carbocycles. The number of fused-ring (bicyclic) bond motifs is 2. The summed E-state index contributed by atoms with van der Waals surface area (Å²) < 4.78 is 0. The SMILES string of the molecule is c1csc(-c2cncc3[nH]c(-c4n[nH]c5cnc(-c6cncc(CN7CCCCC7)c6)cc45)nc23)c1. The molecule has 0 amide bonds. The Kier molecular flexibility index (Phi) is 5.29. The first-order chi connectivity index (χ1) is 17.8. The summed E-state index contributed by atoms with van der Waals surface area (Å²) in [4.78, 5) is 25.6. The molecule has 36 heavy (non-hydrogen) atoms. The van der Waals surface area contributed by atoms with Crippen molar-refractivity contribution in [3.8, 4) is 33.2 Å². The van der Waals surface area contributed by atoms with Crippen molar-refractivity contribution < 1.29 is 0 Å². The maximum Gasteiger partial charge on any atom is 0.159 e. The Labute approximate surface area is 211 Å². The Bertz CT molecular complexity index is 1660. The molecule has 7 rings (SSSR count). The van der Waals surface area contributed by atoms with Gasteiger partial charge in [-0.15, -0.1) is 11.3 Å². The Morgan fingerprint density at radius 1 is 0.944 bits per heavy atom. The highest BCUT2D eigenvalue weighted by molar-refractivity contribution is 7.13. The standard InChI is InChI=1S/C27H24N8S/c1-2-6-35(7-3-1)16-17-9-18(12-28-11-17)21-10-19-22(15-30-21)33-34-26(19)27-31-23-14-29-13-20(25(23)32-27)24-5-4-8-36-24/h4-5,8-15H,1-3,6-7,16H2,(H,31,32)(H,33,34). The Balaban J connectivity index is 1.26. The predicted octanol–water partition coefficient (Wildman–Crippen LogP) is 5.67. The van der Waals surface area contributed by atoms with Gasteiger partial charge in [0.05, 0.1) is 29.1 Å². The molecule has 0 radical (unpaired) electrons. The quantitative estimate of drug-likeness (QED) is 0.322. The first kappa shape index (κ1) is 21.3. The Morgan fingerprint density at radius 3 is 2.75 bits per heavy atom. The number of hydrogen-bond acceptors (Lipinski definition) is 7. The molecular weight excluding hydrogens is 468 g/mol. The van der Waals surface area contributed by atoms with Gasteiger partial charge in [-0.25, -0.2) is 4.98 Å². The molecule has 1 aliphatic rings. The van der Waals surface area contributed by atoms with Gasteiger partial charge in [0.1, 0.15) is 11.2 Å². The molecule has 8 nitrogen and oxygen atoms in total. The zero-order valence-corrected chi connectivity index (χ0v) is 20.4. The molecule has 0 aromatic carbocycles. The average molecular weight is 493 g/mol. The molecular formula is C27H24N8S. The summed E-state index contributed by atoms with van der Waals surface area (Å²) in [6.07, 6.45) is 13.3. The monoisotopic (exact) mass is 492 g/mol. The van der Waals surface area contributed by atoms with Gasteiger partial charge < -0.3 is 4.98 Å². The minimum Gasteiger partial charge on any atom is -0.335 e. The first-order valence-electron chi connectivity index (χ1n) is 12.2. The number of nitrogens with one attached hydrogen (secondary N) is 2. The van der Waals surface area contributed by atoms with Crippen molar-refractivity contribution in [3.63, 3.8) is 0 Å². The molecule has 0 unspecified atom stereocenters. The summed E-state index contributed by atoms with van der Waals surface area (Å²) in [5.74, 6) is 0.705. The van der Waals surface area contributed by atoms with E-state index in [1.54, 1.807) is 11.3 Å². The Morgan fingerprint density at radius 2 is 1.86 bits per heavy atom. The van der Waals surface area contributed by atoms with E-state index in [0.29, 0.717) is 5.82 Å². The van der Waals surface area contributed by atoms with Gasteiger partial charge in [-0.05, 0) is 55.1 Å². The highest BCUT2D eigenvalue weighted by Crippen LogP contribution is 2.33. The van der Waals surface area contributed by atoms with Gasteiger partial charge in [0.25, 0.3) is 0 Å². The Hall–Kier alpha value is -3.95. The number of aromatic nitrogens is 7. The molecule has 0 spiro atoms. The van der Waals surface area contributed by atoms with E-state index in [9.17, 15) is 0 Å². The van der Waals surface area contributed by atoms with Crippen LogP contribution in [0.4, 0.5) is 0 Å². The van der Waals surface area contributed by atoms with Crippen LogP contribution in [0.25, 0.3) is 55.2 Å². The third-order valence-corrected chi connectivity index (χ3v) is 7.70. The second-order valence-corrected chi connectivity index (χ2v) is 10.2. The van der Waals surface area contributed by atoms with Crippen LogP contribution in [0.3, 0.4) is 0 Å². The maximum atomic E-state index is 4.93. The molecule has 1 saturated heterocycles. The van der Waals surface area contributed by atoms with Gasteiger partial charge in [0.15, 0.2) is 5.82 Å². The van der Waals surface area contributed by atoms with E-state index >= 15 is 0 Å². The maximum absolute atomic E-state index is 4.93. The number of likely N-dealkylation sites (tertiary alicyclic amines) is 1. The number of piperidine rings is 1. The van der Waals surface area contributed by atoms with Crippen molar-refractivity contribution >= 4 is 33.3 Å². The normalized spacial score (nSPS) is 14.7. The summed E-state index contributed by atoms with van der Waals surface area (Å²) in [6.45, 7) is 3.25. The van der Waals surface area contributed by atoms with Crippen LogP contribution >= 0.6 is 11.3 Å². The topological polar surface area (TPSA) is 99.3 Å². The van der Waals surface area contributed by atoms with Crippen molar-refractivity contribution in [2.75, 3.05) is 13.1 Å². The highest BCUT2D eigenvalue weighted by Gasteiger charge is 2.17. The number of hydrogen-bond donors (Lipinski definition) is 2. The van der Waals surface area contributed by atoms with Gasteiger partial charge in [-0.3, -0.25) is 25.0 Å². The zero-order chi connectivity index (χ0) is 23.9. The van der Waals surface area contributed by atoms with Crippen molar-refractivity contribution in [1.82, 2.24) is 40.0 Å². The summed E-state index contributed by atoms with van der Waals surface area (Å²) in [7, 11) is 0. The van der Waals surface area contributed by atoms with Crippen LogP contribution in [-0.2, 0) is 6.54 Å². The molecule has 178 valence electrons. The number of aromatic amines is 2. The second-order valence-electron chi connectivity index (χ2n) is 9.25. The van der Waals surface area contributed by atoms with Gasteiger partial charge in [0.2, 0.25) is 0 Å². The predicted molar refractivity (Wildman–Crippen MR) is 142 cm³/mol. The molecule has 9 heteroatoms. The molecule has 2 N–H and O–H groups in total. The van der Waals surface area contributed by atoms with Gasteiger partial charge in [0, 0.05) is 46.5 Å². The zero-order valence-electron chi connectivity index (χ0n) is 19.6. The fourth-order valence-electron chi connectivity index (χ4n) is 5.00. The average Bonchev–Trinajstić information content (AvgIpc) is 3.68. The molecule has 0 atom stereocenters. The van der Waals surface area contributed by atoms with Crippen molar-refractivity contribution in [2.45, 2.75) is 25.8 Å². The molecule has 1 aliphatic heterocycles. The largest absolute Gasteiger partial charge is 0.335 e. The minimum absolute atomic E-state index is 0.705. The van der Waals surface area contributed by atoms with E-state index in [1.165, 1.54) is 24.8 Å². The van der Waals surface area contributed by atoms with Crippen molar-refractivity contribution in [3.05, 3.63) is 66.2 Å². The van der Waals surface area contributed by atoms with E-state index in [1.807, 2.05) is 37.1 Å². The fraction of sp³-hybridized carbons (Fsp3) is 0.222. The number of thiophene rings is 1. The lowest BCUT2D eigenvalue weighted by Gasteiger charge is -2.26. The summed E-state index contributed by atoms with van der Waals surface area (Å²) in [5.41, 5.74) is 7.52. The fourth-order valence-corrected chi connectivity index (χ4v) is 5.74. The van der Waals surface area contributed by atoms with E-state index in [0.717, 1.165) is 69.0 Å². The van der Waals surface area contributed by atoms with Crippen molar-refractivity contribution in [1.29, 1.82) is 0 Å². The molecule has 6 aromatic heterocycles. The molecule has 0 bridgehead atoms. The number of nitrogens with zero attached hydrogens (tertiary/aromatic N) is 6. The van der Waals surface area contributed by atoms with Crippen molar-refractivity contribution in [2.24, 2.45) is 0 Å². The lowest BCUT2D eigenvalue weighted by molar-refractivity contribution is 0.220. The summed E-state index contributed by atoms with van der Waals surface area (Å²) in [6, 6.07) is 8.40. The molecule has 1 fully saturated rings. The number of pyridine rings is 3. The third kappa shape index (κ3) is 3.86. The van der Waals surface area contributed by atoms with Crippen LogP contribution in [0.1, 0.15) is 24.8 Å². The second kappa shape index (κ2) is 8.92. The molecule has 0 aliphatic carbocycles. The van der Waals surface area contributed by atoms with Crippen LogP contribution in [-0.4, -0.2) is 53.1 Å². The third-order valence-electron chi connectivity index (χ3n) is 6.80. The van der Waals surface area contributed by atoms with E-state index in [2.05, 4.69) is 53.6 Å². The minimum atomic E-state index is 0.705. The summed E-state index contributed by atoms with van der Waals surface area (Å²) in [5, 5.41) is 10.7. The van der Waals surface area contributed by atoms with E-state index in [-0.39, 0.29) is 0 Å².